The van der Waals surface area contributed by atoms with Crippen molar-refractivity contribution < 1.29 is 9.53 Å². The molecule has 0 radical (unpaired) electrons. The zero-order valence-electron chi connectivity index (χ0n) is 15.7. The molecule has 1 aromatic heterocycles. The minimum Gasteiger partial charge on any atom is -0.486 e. The molecule has 0 aliphatic carbocycles. The van der Waals surface area contributed by atoms with E-state index in [4.69, 9.17) is 16.3 Å². The van der Waals surface area contributed by atoms with Crippen molar-refractivity contribution in [1.29, 1.82) is 0 Å². The van der Waals surface area contributed by atoms with Crippen molar-refractivity contribution in [3.63, 3.8) is 0 Å². The van der Waals surface area contributed by atoms with Crippen LogP contribution >= 0.6 is 23.4 Å². The summed E-state index contributed by atoms with van der Waals surface area (Å²) in [5, 5.41) is 12.6. The molecule has 0 unspecified atom stereocenters. The first-order valence-corrected chi connectivity index (χ1v) is 10.2. The average molecular weight is 417 g/mol. The van der Waals surface area contributed by atoms with E-state index in [0.29, 0.717) is 21.8 Å². The number of anilines is 1. The van der Waals surface area contributed by atoms with Crippen LogP contribution in [0.2, 0.25) is 5.02 Å². The molecule has 0 atom stereocenters. The summed E-state index contributed by atoms with van der Waals surface area (Å²) in [5.41, 5.74) is 1.96. The number of nitrogens with zero attached hydrogens (tertiary/aromatic N) is 3. The van der Waals surface area contributed by atoms with Crippen LogP contribution in [0.25, 0.3) is 0 Å². The Morgan fingerprint density at radius 2 is 1.93 bits per heavy atom. The lowest BCUT2D eigenvalue weighted by Crippen LogP contribution is -2.15. The Bertz CT molecular complexity index is 944. The number of benzene rings is 2. The molecule has 0 aliphatic heterocycles. The molecule has 3 rings (SSSR count). The Hall–Kier alpha value is -2.51. The summed E-state index contributed by atoms with van der Waals surface area (Å²) in [5.74, 6) is 1.56. The molecule has 0 bridgehead atoms. The van der Waals surface area contributed by atoms with Crippen LogP contribution in [0, 0.1) is 0 Å². The number of nitrogens with one attached hydrogen (secondary N) is 1. The molecule has 1 N–H and O–H groups in total. The van der Waals surface area contributed by atoms with Gasteiger partial charge in [0.05, 0.1) is 5.75 Å². The van der Waals surface area contributed by atoms with E-state index in [1.54, 1.807) is 24.3 Å². The quantitative estimate of drug-likeness (QED) is 0.553. The zero-order valence-corrected chi connectivity index (χ0v) is 17.3. The normalized spacial score (nSPS) is 10.7. The lowest BCUT2D eigenvalue weighted by Gasteiger charge is -2.09. The van der Waals surface area contributed by atoms with Crippen LogP contribution in [0.4, 0.5) is 5.69 Å². The first-order valence-electron chi connectivity index (χ1n) is 8.84. The maximum atomic E-state index is 12.3. The molecule has 146 valence electrons. The second-order valence-electron chi connectivity index (χ2n) is 6.05. The number of para-hydroxylation sites is 1. The van der Waals surface area contributed by atoms with Gasteiger partial charge in [0.15, 0.2) is 11.0 Å². The van der Waals surface area contributed by atoms with Crippen molar-refractivity contribution in [2.75, 3.05) is 11.1 Å². The van der Waals surface area contributed by atoms with Crippen molar-refractivity contribution >= 4 is 35.0 Å². The van der Waals surface area contributed by atoms with Crippen molar-refractivity contribution in [2.45, 2.75) is 25.1 Å². The Morgan fingerprint density at radius 3 is 2.68 bits per heavy atom. The Labute approximate surface area is 173 Å². The number of thioether (sulfide) groups is 1. The van der Waals surface area contributed by atoms with Gasteiger partial charge in [-0.15, -0.1) is 10.2 Å². The van der Waals surface area contributed by atoms with Gasteiger partial charge in [-0.3, -0.25) is 4.79 Å². The van der Waals surface area contributed by atoms with Crippen molar-refractivity contribution in [3.05, 3.63) is 64.9 Å². The summed E-state index contributed by atoms with van der Waals surface area (Å²) in [6, 6.07) is 14.9. The first-order chi connectivity index (χ1) is 13.6. The summed E-state index contributed by atoms with van der Waals surface area (Å²) >= 11 is 7.20. The van der Waals surface area contributed by atoms with Gasteiger partial charge in [0.2, 0.25) is 5.91 Å². The van der Waals surface area contributed by atoms with Crippen LogP contribution in [-0.4, -0.2) is 26.4 Å². The number of aromatic nitrogens is 3. The van der Waals surface area contributed by atoms with E-state index in [1.807, 2.05) is 35.9 Å². The van der Waals surface area contributed by atoms with Crippen LogP contribution in [0.5, 0.6) is 5.75 Å². The highest BCUT2D eigenvalue weighted by molar-refractivity contribution is 7.99. The highest BCUT2D eigenvalue weighted by Gasteiger charge is 2.13. The smallest absolute Gasteiger partial charge is 0.234 e. The zero-order chi connectivity index (χ0) is 19.9. The molecule has 28 heavy (non-hydrogen) atoms. The standard InChI is InChI=1S/C20H21ClN4O2S/c1-3-14-6-4-5-7-17(14)22-19(26)13-28-20-24-23-18(25(20)2)12-27-16-10-8-15(21)9-11-16/h4-11H,3,12-13H2,1-2H3,(H,22,26). The minimum atomic E-state index is -0.0761. The fraction of sp³-hybridized carbons (Fsp3) is 0.250. The number of hydrogen-bond acceptors (Lipinski definition) is 5. The lowest BCUT2D eigenvalue weighted by atomic mass is 10.1. The highest BCUT2D eigenvalue weighted by Crippen LogP contribution is 2.20. The number of aryl methyl sites for hydroxylation is 1. The second kappa shape index (κ2) is 9.61. The van der Waals surface area contributed by atoms with Crippen molar-refractivity contribution in [1.82, 2.24) is 14.8 Å². The van der Waals surface area contributed by atoms with E-state index in [-0.39, 0.29) is 18.3 Å². The summed E-state index contributed by atoms with van der Waals surface area (Å²) in [6.07, 6.45) is 0.865. The van der Waals surface area contributed by atoms with Crippen LogP contribution in [0.1, 0.15) is 18.3 Å². The van der Waals surface area contributed by atoms with E-state index in [2.05, 4.69) is 22.4 Å². The molecule has 0 fully saturated rings. The highest BCUT2D eigenvalue weighted by atomic mass is 35.5. The molecule has 0 saturated carbocycles. The monoisotopic (exact) mass is 416 g/mol. The lowest BCUT2D eigenvalue weighted by molar-refractivity contribution is -0.113. The average Bonchev–Trinajstić information content (AvgIpc) is 3.06. The second-order valence-corrected chi connectivity index (χ2v) is 7.43. The molecule has 1 heterocycles. The number of hydrogen-bond donors (Lipinski definition) is 1. The summed E-state index contributed by atoms with van der Waals surface area (Å²) < 4.78 is 7.53. The van der Waals surface area contributed by atoms with Gasteiger partial charge in [-0.2, -0.15) is 0 Å². The topological polar surface area (TPSA) is 69.0 Å². The molecular formula is C20H21ClN4O2S. The van der Waals surface area contributed by atoms with Gasteiger partial charge < -0.3 is 14.6 Å². The van der Waals surface area contributed by atoms with Crippen LogP contribution < -0.4 is 10.1 Å². The molecule has 3 aromatic rings. The van der Waals surface area contributed by atoms with Crippen molar-refractivity contribution in [3.8, 4) is 5.75 Å². The molecular weight excluding hydrogens is 396 g/mol. The minimum absolute atomic E-state index is 0.0761. The number of rotatable bonds is 8. The SMILES string of the molecule is CCc1ccccc1NC(=O)CSc1nnc(COc2ccc(Cl)cc2)n1C. The van der Waals surface area contributed by atoms with E-state index >= 15 is 0 Å². The maximum absolute atomic E-state index is 12.3. The van der Waals surface area contributed by atoms with Gasteiger partial charge >= 0.3 is 0 Å². The summed E-state index contributed by atoms with van der Waals surface area (Å²) in [6.45, 7) is 2.34. The number of carbonyl (C=O) groups is 1. The molecule has 0 aliphatic rings. The molecule has 1 amide bonds. The Kier molecular flexibility index (Phi) is 6.95. The van der Waals surface area contributed by atoms with E-state index in [0.717, 1.165) is 17.7 Å². The summed E-state index contributed by atoms with van der Waals surface area (Å²) in [7, 11) is 1.85. The number of ether oxygens (including phenoxy) is 1. The van der Waals surface area contributed by atoms with Gasteiger partial charge in [-0.05, 0) is 42.3 Å². The van der Waals surface area contributed by atoms with Crippen molar-refractivity contribution in [2.24, 2.45) is 7.05 Å². The Morgan fingerprint density at radius 1 is 1.18 bits per heavy atom. The van der Waals surface area contributed by atoms with Gasteiger partial charge in [0.25, 0.3) is 0 Å². The van der Waals surface area contributed by atoms with Gasteiger partial charge in [0.1, 0.15) is 12.4 Å². The van der Waals surface area contributed by atoms with E-state index < -0.39 is 0 Å². The van der Waals surface area contributed by atoms with E-state index in [1.165, 1.54) is 11.8 Å². The molecule has 0 spiro atoms. The first kappa shape index (κ1) is 20.2. The number of halogens is 1. The third-order valence-electron chi connectivity index (χ3n) is 4.11. The number of carbonyl (C=O) groups excluding carboxylic acids is 1. The van der Waals surface area contributed by atoms with Gasteiger partial charge in [-0.25, -0.2) is 0 Å². The molecule has 2 aromatic carbocycles. The molecule has 6 nitrogen and oxygen atoms in total. The van der Waals surface area contributed by atoms with Crippen LogP contribution in [0.3, 0.4) is 0 Å². The molecule has 8 heteroatoms. The van der Waals surface area contributed by atoms with Gasteiger partial charge in [-0.1, -0.05) is 48.5 Å². The summed E-state index contributed by atoms with van der Waals surface area (Å²) in [4.78, 5) is 12.3. The van der Waals surface area contributed by atoms with Gasteiger partial charge in [0, 0.05) is 17.8 Å². The predicted octanol–water partition coefficient (Wildman–Crippen LogP) is 4.34. The third kappa shape index (κ3) is 5.27. The fourth-order valence-electron chi connectivity index (χ4n) is 2.54. The van der Waals surface area contributed by atoms with Crippen LogP contribution in [-0.2, 0) is 24.9 Å². The van der Waals surface area contributed by atoms with Crippen LogP contribution in [0.15, 0.2) is 53.7 Å². The predicted molar refractivity (Wildman–Crippen MR) is 112 cm³/mol. The maximum Gasteiger partial charge on any atom is 0.234 e. The van der Waals surface area contributed by atoms with E-state index in [9.17, 15) is 4.79 Å². The molecule has 0 saturated heterocycles. The third-order valence-corrected chi connectivity index (χ3v) is 5.38. The largest absolute Gasteiger partial charge is 0.486 e. The Balaban J connectivity index is 1.53. The fourth-order valence-corrected chi connectivity index (χ4v) is 3.40. The number of amides is 1.